The van der Waals surface area contributed by atoms with Gasteiger partial charge in [-0.1, -0.05) is 67.9 Å². The maximum Gasteiger partial charge on any atom is 0.335 e. The quantitative estimate of drug-likeness (QED) is 0.211. The summed E-state index contributed by atoms with van der Waals surface area (Å²) in [5.41, 5.74) is 8.15. The van der Waals surface area contributed by atoms with Crippen molar-refractivity contribution in [3.05, 3.63) is 108 Å². The number of aromatic carboxylic acids is 1. The minimum atomic E-state index is -1.02. The van der Waals surface area contributed by atoms with E-state index in [2.05, 4.69) is 17.5 Å². The van der Waals surface area contributed by atoms with Gasteiger partial charge in [0.1, 0.15) is 5.75 Å². The third kappa shape index (κ3) is 4.54. The molecule has 7 nitrogen and oxygen atoms in total. The average molecular weight is 492 g/mol. The summed E-state index contributed by atoms with van der Waals surface area (Å²) >= 11 is 0. The van der Waals surface area contributed by atoms with Gasteiger partial charge in [0.05, 0.1) is 16.9 Å². The van der Waals surface area contributed by atoms with Crippen molar-refractivity contribution in [1.82, 2.24) is 0 Å². The lowest BCUT2D eigenvalue weighted by Crippen LogP contribution is -2.26. The molecule has 0 saturated heterocycles. The zero-order chi connectivity index (χ0) is 25.9. The Morgan fingerprint density at radius 3 is 2.30 bits per heavy atom. The number of carboxylic acid groups (broad SMARTS) is 1. The Bertz CT molecular complexity index is 1510. The van der Waals surface area contributed by atoms with Crippen LogP contribution in [0.15, 0.2) is 96.1 Å². The van der Waals surface area contributed by atoms with E-state index in [0.29, 0.717) is 22.4 Å². The number of phenolic OH excluding ortho intramolecular Hbond substituents is 1. The lowest BCUT2D eigenvalue weighted by atomic mass is 10.0. The number of rotatable bonds is 7. The van der Waals surface area contributed by atoms with Crippen molar-refractivity contribution in [2.75, 3.05) is 10.3 Å². The van der Waals surface area contributed by atoms with Gasteiger partial charge in [-0.05, 0) is 53.9 Å². The molecule has 0 atom stereocenters. The standard InChI is InChI=1S/C30H25N3O4/c1-2-6-19-11-17-22(18-12-19)33-26-10-4-3-7-24(26)27(29(33)35)32-31-25-9-5-8-23(28(25)34)20-13-15-21(16-14-20)30(36)37/h3-5,7-18,31,34H,2,6H2,1H3,(H,36,37)/b32-27+. The first-order chi connectivity index (χ1) is 18.0. The van der Waals surface area contributed by atoms with Gasteiger partial charge in [-0.3, -0.25) is 15.1 Å². The highest BCUT2D eigenvalue weighted by molar-refractivity contribution is 6.55. The summed E-state index contributed by atoms with van der Waals surface area (Å²) in [7, 11) is 0. The molecule has 1 heterocycles. The molecule has 3 N–H and O–H groups in total. The topological polar surface area (TPSA) is 102 Å². The highest BCUT2D eigenvalue weighted by atomic mass is 16.4. The van der Waals surface area contributed by atoms with Crippen molar-refractivity contribution in [2.45, 2.75) is 19.8 Å². The van der Waals surface area contributed by atoms with Gasteiger partial charge in [0.25, 0.3) is 5.91 Å². The number of anilines is 3. The van der Waals surface area contributed by atoms with Crippen LogP contribution in [0.4, 0.5) is 17.1 Å². The van der Waals surface area contributed by atoms with Gasteiger partial charge in [-0.2, -0.15) is 5.10 Å². The van der Waals surface area contributed by atoms with Crippen LogP contribution in [0.1, 0.15) is 34.8 Å². The number of nitrogens with one attached hydrogen (secondary N) is 1. The summed E-state index contributed by atoms with van der Waals surface area (Å²) in [6, 6.07) is 26.8. The van der Waals surface area contributed by atoms with Gasteiger partial charge in [-0.15, -0.1) is 0 Å². The number of aromatic hydroxyl groups is 1. The van der Waals surface area contributed by atoms with Crippen molar-refractivity contribution in [3.63, 3.8) is 0 Å². The van der Waals surface area contributed by atoms with Crippen molar-refractivity contribution in [2.24, 2.45) is 5.10 Å². The third-order valence-corrected chi connectivity index (χ3v) is 6.31. The Balaban J connectivity index is 1.45. The predicted molar refractivity (Wildman–Crippen MR) is 145 cm³/mol. The van der Waals surface area contributed by atoms with Crippen LogP contribution >= 0.6 is 0 Å². The number of fused-ring (bicyclic) bond motifs is 1. The van der Waals surface area contributed by atoms with Crippen LogP contribution in [0.2, 0.25) is 0 Å². The van der Waals surface area contributed by atoms with Crippen molar-refractivity contribution >= 4 is 34.7 Å². The van der Waals surface area contributed by atoms with E-state index in [1.165, 1.54) is 17.7 Å². The molecule has 5 rings (SSSR count). The number of hydrogen-bond acceptors (Lipinski definition) is 5. The van der Waals surface area contributed by atoms with Crippen LogP contribution in [0, 0.1) is 0 Å². The molecule has 0 aromatic heterocycles. The molecule has 0 aliphatic carbocycles. The van der Waals surface area contributed by atoms with Gasteiger partial charge < -0.3 is 10.2 Å². The molecule has 1 aliphatic heterocycles. The van der Waals surface area contributed by atoms with E-state index in [-0.39, 0.29) is 22.9 Å². The number of benzene rings is 4. The fraction of sp³-hybridized carbons (Fsp3) is 0.100. The van der Waals surface area contributed by atoms with Crippen LogP contribution in [0.5, 0.6) is 5.75 Å². The molecule has 184 valence electrons. The highest BCUT2D eigenvalue weighted by Gasteiger charge is 2.35. The Morgan fingerprint density at radius 1 is 0.892 bits per heavy atom. The number of carbonyl (C=O) groups excluding carboxylic acids is 1. The minimum Gasteiger partial charge on any atom is -0.505 e. The number of hydrazone groups is 1. The van der Waals surface area contributed by atoms with Crippen LogP contribution < -0.4 is 10.3 Å². The Kier molecular flexibility index (Phi) is 6.43. The first kappa shape index (κ1) is 23.8. The van der Waals surface area contributed by atoms with E-state index in [1.807, 2.05) is 48.5 Å². The molecule has 0 saturated carbocycles. The number of para-hydroxylation sites is 2. The molecule has 0 spiro atoms. The predicted octanol–water partition coefficient (Wildman–Crippen LogP) is 6.20. The molecule has 0 fully saturated rings. The van der Waals surface area contributed by atoms with Gasteiger partial charge in [0, 0.05) is 16.8 Å². The summed E-state index contributed by atoms with van der Waals surface area (Å²) in [6.07, 6.45) is 2.03. The van der Waals surface area contributed by atoms with E-state index in [1.54, 1.807) is 35.2 Å². The van der Waals surface area contributed by atoms with Crippen molar-refractivity contribution in [3.8, 4) is 16.9 Å². The first-order valence-electron chi connectivity index (χ1n) is 12.0. The van der Waals surface area contributed by atoms with E-state index >= 15 is 0 Å². The second-order valence-corrected chi connectivity index (χ2v) is 8.73. The largest absolute Gasteiger partial charge is 0.505 e. The van der Waals surface area contributed by atoms with Crippen LogP contribution in [-0.2, 0) is 11.2 Å². The fourth-order valence-electron chi connectivity index (χ4n) is 4.44. The summed E-state index contributed by atoms with van der Waals surface area (Å²) in [5, 5.41) is 24.5. The second kappa shape index (κ2) is 9.99. The molecule has 1 aliphatic rings. The van der Waals surface area contributed by atoms with E-state index in [9.17, 15) is 14.7 Å². The molecule has 0 radical (unpaired) electrons. The number of phenols is 1. The van der Waals surface area contributed by atoms with Gasteiger partial charge in [-0.25, -0.2) is 4.79 Å². The van der Waals surface area contributed by atoms with Gasteiger partial charge >= 0.3 is 5.97 Å². The Morgan fingerprint density at radius 2 is 1.59 bits per heavy atom. The number of carbonyl (C=O) groups is 2. The van der Waals surface area contributed by atoms with E-state index in [0.717, 1.165) is 24.2 Å². The molecule has 37 heavy (non-hydrogen) atoms. The van der Waals surface area contributed by atoms with Crippen molar-refractivity contribution in [1.29, 1.82) is 0 Å². The zero-order valence-corrected chi connectivity index (χ0v) is 20.2. The first-order valence-corrected chi connectivity index (χ1v) is 12.0. The lowest BCUT2D eigenvalue weighted by Gasteiger charge is -2.17. The van der Waals surface area contributed by atoms with Crippen molar-refractivity contribution < 1.29 is 19.8 Å². The smallest absolute Gasteiger partial charge is 0.335 e. The molecule has 4 aromatic carbocycles. The number of carboxylic acids is 1. The number of hydrogen-bond donors (Lipinski definition) is 3. The zero-order valence-electron chi connectivity index (χ0n) is 20.2. The van der Waals surface area contributed by atoms with Gasteiger partial charge in [0.2, 0.25) is 0 Å². The summed E-state index contributed by atoms with van der Waals surface area (Å²) in [5.74, 6) is -1.34. The summed E-state index contributed by atoms with van der Waals surface area (Å²) in [6.45, 7) is 2.13. The van der Waals surface area contributed by atoms with Crippen LogP contribution in [-0.4, -0.2) is 27.8 Å². The van der Waals surface area contributed by atoms with Crippen LogP contribution in [0.3, 0.4) is 0 Å². The van der Waals surface area contributed by atoms with Crippen LogP contribution in [0.25, 0.3) is 11.1 Å². The average Bonchev–Trinajstić information content (AvgIpc) is 3.20. The second-order valence-electron chi connectivity index (χ2n) is 8.73. The summed E-state index contributed by atoms with van der Waals surface area (Å²) in [4.78, 5) is 26.3. The van der Waals surface area contributed by atoms with E-state index < -0.39 is 5.97 Å². The number of amides is 1. The highest BCUT2D eigenvalue weighted by Crippen LogP contribution is 2.38. The molecule has 4 aromatic rings. The number of nitrogens with zero attached hydrogens (tertiary/aromatic N) is 2. The maximum absolute atomic E-state index is 13.5. The lowest BCUT2D eigenvalue weighted by molar-refractivity contribution is -0.111. The maximum atomic E-state index is 13.5. The van der Waals surface area contributed by atoms with E-state index in [4.69, 9.17) is 5.11 Å². The molecule has 0 bridgehead atoms. The fourth-order valence-corrected chi connectivity index (χ4v) is 4.44. The SMILES string of the molecule is CCCc1ccc(N2C(=O)/C(=N/Nc3cccc(-c4ccc(C(=O)O)cc4)c3O)c3ccccc32)cc1. The van der Waals surface area contributed by atoms with Gasteiger partial charge in [0.15, 0.2) is 5.71 Å². The molecule has 1 amide bonds. The molecule has 0 unspecified atom stereocenters. The molecule has 7 heteroatoms. The Hall–Kier alpha value is -4.91. The third-order valence-electron chi connectivity index (χ3n) is 6.31. The Labute approximate surface area is 214 Å². The summed E-state index contributed by atoms with van der Waals surface area (Å²) < 4.78 is 0. The molecular formula is C30H25N3O4. The molecular weight excluding hydrogens is 466 g/mol. The normalized spacial score (nSPS) is 13.6. The minimum absolute atomic E-state index is 0.0583. The monoisotopic (exact) mass is 491 g/mol. The number of aryl methyl sites for hydroxylation is 1.